The molecule has 2 aromatic heterocycles. The second-order valence-electron chi connectivity index (χ2n) is 5.01. The van der Waals surface area contributed by atoms with Gasteiger partial charge in [0.2, 0.25) is 0 Å². The summed E-state index contributed by atoms with van der Waals surface area (Å²) in [5.74, 6) is 5.38. The molecule has 2 aromatic rings. The second-order valence-corrected chi connectivity index (χ2v) is 5.39. The summed E-state index contributed by atoms with van der Waals surface area (Å²) < 4.78 is 50.8. The number of aliphatic hydroxyl groups excluding tert-OH is 1. The molecule has 0 aromatic carbocycles. The minimum atomic E-state index is -4.37. The van der Waals surface area contributed by atoms with Crippen LogP contribution >= 0.6 is 11.6 Å². The van der Waals surface area contributed by atoms with E-state index in [9.17, 15) is 17.6 Å². The van der Waals surface area contributed by atoms with Crippen LogP contribution in [0.3, 0.4) is 0 Å². The first-order valence-electron chi connectivity index (χ1n) is 7.02. The number of aliphatic hydroxyl groups is 1. The standard InChI is InChI=1S/C15H13ClF4N4O/c16-14-3-13(21-6-12(17)8-25)11(5-22-14)2-1-10-4-23-24(7-10)9-15(18,19)20/h3-5,7,12,25H,6,8-9H2,(H,21,22)/t12-/m0/s1. The highest BCUT2D eigenvalue weighted by Gasteiger charge is 2.28. The molecule has 0 saturated carbocycles. The summed E-state index contributed by atoms with van der Waals surface area (Å²) in [5, 5.41) is 15.2. The van der Waals surface area contributed by atoms with Gasteiger partial charge < -0.3 is 10.4 Å². The molecule has 1 atom stereocenters. The van der Waals surface area contributed by atoms with E-state index in [1.807, 2.05) is 0 Å². The van der Waals surface area contributed by atoms with Gasteiger partial charge in [-0.25, -0.2) is 9.37 Å². The van der Waals surface area contributed by atoms with Crippen LogP contribution in [0, 0.1) is 11.8 Å². The maximum atomic E-state index is 13.1. The van der Waals surface area contributed by atoms with Crippen molar-refractivity contribution in [3.63, 3.8) is 0 Å². The highest BCUT2D eigenvalue weighted by Crippen LogP contribution is 2.19. The van der Waals surface area contributed by atoms with Crippen LogP contribution in [-0.4, -0.2) is 45.4 Å². The Morgan fingerprint density at radius 3 is 2.76 bits per heavy atom. The van der Waals surface area contributed by atoms with Gasteiger partial charge >= 0.3 is 6.18 Å². The summed E-state index contributed by atoms with van der Waals surface area (Å²) in [7, 11) is 0. The van der Waals surface area contributed by atoms with Gasteiger partial charge in [0.1, 0.15) is 17.9 Å². The topological polar surface area (TPSA) is 63.0 Å². The van der Waals surface area contributed by atoms with Crippen molar-refractivity contribution in [2.45, 2.75) is 18.9 Å². The molecule has 0 spiro atoms. The van der Waals surface area contributed by atoms with E-state index >= 15 is 0 Å². The van der Waals surface area contributed by atoms with Crippen LogP contribution in [0.4, 0.5) is 23.2 Å². The number of nitrogens with one attached hydrogen (secondary N) is 1. The van der Waals surface area contributed by atoms with Gasteiger partial charge in [0.05, 0.1) is 29.6 Å². The highest BCUT2D eigenvalue weighted by molar-refractivity contribution is 6.29. The number of aromatic nitrogens is 3. The van der Waals surface area contributed by atoms with E-state index in [0.717, 1.165) is 4.68 Å². The zero-order valence-electron chi connectivity index (χ0n) is 12.7. The largest absolute Gasteiger partial charge is 0.408 e. The number of pyridine rings is 1. The zero-order chi connectivity index (χ0) is 18.4. The molecule has 0 fully saturated rings. The first-order chi connectivity index (χ1) is 11.8. The van der Waals surface area contributed by atoms with Crippen LogP contribution in [0.2, 0.25) is 5.15 Å². The Bertz CT molecular complexity index is 782. The number of rotatable bonds is 5. The SMILES string of the molecule is OC[C@@H](F)CNc1cc(Cl)ncc1C#Cc1cnn(CC(F)(F)F)c1. The van der Waals surface area contributed by atoms with Crippen molar-refractivity contribution in [2.75, 3.05) is 18.5 Å². The molecule has 2 N–H and O–H groups in total. The lowest BCUT2D eigenvalue weighted by Crippen LogP contribution is -2.19. The number of anilines is 1. The van der Waals surface area contributed by atoms with Crippen molar-refractivity contribution in [1.82, 2.24) is 14.8 Å². The fourth-order valence-corrected chi connectivity index (χ4v) is 1.96. The van der Waals surface area contributed by atoms with E-state index in [0.29, 0.717) is 11.3 Å². The van der Waals surface area contributed by atoms with Crippen molar-refractivity contribution in [3.05, 3.63) is 40.9 Å². The van der Waals surface area contributed by atoms with Gasteiger partial charge in [-0.05, 0) is 6.07 Å². The predicted molar refractivity (Wildman–Crippen MR) is 84.0 cm³/mol. The van der Waals surface area contributed by atoms with Crippen molar-refractivity contribution in [3.8, 4) is 11.8 Å². The minimum absolute atomic E-state index is 0.158. The van der Waals surface area contributed by atoms with Crippen LogP contribution in [0.5, 0.6) is 0 Å². The lowest BCUT2D eigenvalue weighted by atomic mass is 10.2. The molecule has 134 valence electrons. The Hall–Kier alpha value is -2.31. The molecule has 2 heterocycles. The van der Waals surface area contributed by atoms with Gasteiger partial charge in [-0.15, -0.1) is 0 Å². The number of halogens is 5. The summed E-state index contributed by atoms with van der Waals surface area (Å²) in [6.07, 6.45) is -2.11. The van der Waals surface area contributed by atoms with E-state index in [1.165, 1.54) is 24.7 Å². The Morgan fingerprint density at radius 2 is 2.08 bits per heavy atom. The molecule has 0 aliphatic heterocycles. The van der Waals surface area contributed by atoms with Crippen molar-refractivity contribution < 1.29 is 22.7 Å². The molecule has 25 heavy (non-hydrogen) atoms. The van der Waals surface area contributed by atoms with Gasteiger partial charge in [-0.3, -0.25) is 4.68 Å². The maximum absolute atomic E-state index is 13.1. The lowest BCUT2D eigenvalue weighted by molar-refractivity contribution is -0.142. The Balaban J connectivity index is 2.16. The van der Waals surface area contributed by atoms with Gasteiger partial charge in [-0.1, -0.05) is 23.4 Å². The van der Waals surface area contributed by atoms with Crippen LogP contribution in [0.25, 0.3) is 0 Å². The fourth-order valence-electron chi connectivity index (χ4n) is 1.80. The molecule has 0 radical (unpaired) electrons. The molecule has 10 heteroatoms. The van der Waals surface area contributed by atoms with Crippen molar-refractivity contribution in [1.29, 1.82) is 0 Å². The maximum Gasteiger partial charge on any atom is 0.408 e. The van der Waals surface area contributed by atoms with Gasteiger partial charge in [0, 0.05) is 18.9 Å². The summed E-state index contributed by atoms with van der Waals surface area (Å²) in [4.78, 5) is 3.86. The number of hydrogen-bond acceptors (Lipinski definition) is 4. The first kappa shape index (κ1) is 19.0. The van der Waals surface area contributed by atoms with Crippen molar-refractivity contribution in [2.24, 2.45) is 0 Å². The number of hydrogen-bond donors (Lipinski definition) is 2. The lowest BCUT2D eigenvalue weighted by Gasteiger charge is -2.10. The molecule has 0 bridgehead atoms. The molecule has 0 aliphatic rings. The van der Waals surface area contributed by atoms with Crippen LogP contribution < -0.4 is 5.32 Å². The summed E-state index contributed by atoms with van der Waals surface area (Å²) >= 11 is 5.79. The third-order valence-electron chi connectivity index (χ3n) is 2.90. The molecule has 0 saturated heterocycles. The number of alkyl halides is 4. The van der Waals surface area contributed by atoms with E-state index in [4.69, 9.17) is 16.7 Å². The molecule has 0 amide bonds. The summed E-state index contributed by atoms with van der Waals surface area (Å²) in [6, 6.07) is 1.43. The predicted octanol–water partition coefficient (Wildman–Crippen LogP) is 2.64. The van der Waals surface area contributed by atoms with Crippen LogP contribution in [0.1, 0.15) is 11.1 Å². The average Bonchev–Trinajstić information content (AvgIpc) is 2.97. The highest BCUT2D eigenvalue weighted by atomic mass is 35.5. The van der Waals surface area contributed by atoms with Gasteiger partial charge in [-0.2, -0.15) is 18.3 Å². The molecule has 0 aliphatic carbocycles. The molecule has 2 rings (SSSR count). The molecular weight excluding hydrogens is 364 g/mol. The first-order valence-corrected chi connectivity index (χ1v) is 7.40. The Kier molecular flexibility index (Phi) is 6.22. The molecular formula is C15H13ClF4N4O. The Labute approximate surface area is 145 Å². The monoisotopic (exact) mass is 376 g/mol. The third kappa shape index (κ3) is 6.25. The fraction of sp³-hybridized carbons (Fsp3) is 0.333. The summed E-state index contributed by atoms with van der Waals surface area (Å²) in [5.41, 5.74) is 1.05. The summed E-state index contributed by atoms with van der Waals surface area (Å²) in [6.45, 7) is -2.00. The third-order valence-corrected chi connectivity index (χ3v) is 3.11. The second kappa shape index (κ2) is 8.18. The zero-order valence-corrected chi connectivity index (χ0v) is 13.4. The quantitative estimate of drug-likeness (QED) is 0.478. The van der Waals surface area contributed by atoms with E-state index in [2.05, 4.69) is 27.2 Å². The number of nitrogens with zero attached hydrogens (tertiary/aromatic N) is 3. The Morgan fingerprint density at radius 1 is 1.32 bits per heavy atom. The van der Waals surface area contributed by atoms with E-state index in [-0.39, 0.29) is 17.3 Å². The average molecular weight is 377 g/mol. The van der Waals surface area contributed by atoms with Crippen LogP contribution in [0.15, 0.2) is 24.7 Å². The van der Waals surface area contributed by atoms with Crippen LogP contribution in [-0.2, 0) is 6.54 Å². The van der Waals surface area contributed by atoms with E-state index < -0.39 is 25.5 Å². The molecule has 0 unspecified atom stereocenters. The van der Waals surface area contributed by atoms with Gasteiger partial charge in [0.15, 0.2) is 0 Å². The normalized spacial score (nSPS) is 12.4. The van der Waals surface area contributed by atoms with Gasteiger partial charge in [0.25, 0.3) is 0 Å². The minimum Gasteiger partial charge on any atom is -0.393 e. The van der Waals surface area contributed by atoms with Crippen molar-refractivity contribution >= 4 is 17.3 Å². The molecule has 5 nitrogen and oxygen atoms in total. The van der Waals surface area contributed by atoms with E-state index in [1.54, 1.807) is 0 Å². The smallest absolute Gasteiger partial charge is 0.393 e.